The number of rotatable bonds is 0. The van der Waals surface area contributed by atoms with Gasteiger partial charge in [-0.05, 0) is 6.92 Å². The Balaban J connectivity index is 3.28. The van der Waals surface area contributed by atoms with Crippen LogP contribution in [0.5, 0.6) is 0 Å². The Labute approximate surface area is 71.9 Å². The third-order valence-corrected chi connectivity index (χ3v) is 1.98. The molecule has 0 aliphatic carbocycles. The van der Waals surface area contributed by atoms with E-state index in [0.717, 1.165) is 4.68 Å². The summed E-state index contributed by atoms with van der Waals surface area (Å²) >= 11 is 5.40. The molecule has 0 fully saturated rings. The highest BCUT2D eigenvalue weighted by atomic mass is 35.5. The van der Waals surface area contributed by atoms with Crippen LogP contribution in [0.3, 0.4) is 0 Å². The molecule has 0 N–H and O–H groups in total. The third-order valence-electron chi connectivity index (χ3n) is 1.53. The van der Waals surface area contributed by atoms with E-state index in [1.165, 1.54) is 14.0 Å². The number of halogens is 4. The fraction of sp³-hybridized carbons (Fsp3) is 0.500. The normalized spacial score (nSPS) is 12.2. The van der Waals surface area contributed by atoms with E-state index < -0.39 is 11.9 Å². The Hall–Kier alpha value is -0.710. The SMILES string of the molecule is Cc1c(Cl)c(C(F)(F)F)nn1C. The van der Waals surface area contributed by atoms with Crippen LogP contribution in [0.1, 0.15) is 11.4 Å². The van der Waals surface area contributed by atoms with Gasteiger partial charge in [-0.2, -0.15) is 18.3 Å². The first-order valence-electron chi connectivity index (χ1n) is 3.10. The predicted molar refractivity (Wildman–Crippen MR) is 38.0 cm³/mol. The van der Waals surface area contributed by atoms with Crippen LogP contribution in [0.2, 0.25) is 5.02 Å². The molecule has 1 rings (SSSR count). The summed E-state index contributed by atoms with van der Waals surface area (Å²) in [6, 6.07) is 0. The van der Waals surface area contributed by atoms with Gasteiger partial charge in [-0.1, -0.05) is 11.6 Å². The fourth-order valence-electron chi connectivity index (χ4n) is 0.763. The lowest BCUT2D eigenvalue weighted by Crippen LogP contribution is -2.07. The first-order valence-corrected chi connectivity index (χ1v) is 3.48. The predicted octanol–water partition coefficient (Wildman–Crippen LogP) is 2.40. The van der Waals surface area contributed by atoms with Gasteiger partial charge < -0.3 is 0 Å². The first-order chi connectivity index (χ1) is 5.34. The van der Waals surface area contributed by atoms with Gasteiger partial charge in [0, 0.05) is 7.05 Å². The van der Waals surface area contributed by atoms with Gasteiger partial charge in [-0.15, -0.1) is 0 Å². The molecule has 1 aromatic rings. The van der Waals surface area contributed by atoms with E-state index in [9.17, 15) is 13.2 Å². The van der Waals surface area contributed by atoms with Crippen LogP contribution in [-0.4, -0.2) is 9.78 Å². The summed E-state index contributed by atoms with van der Waals surface area (Å²) in [5.74, 6) is 0. The average Bonchev–Trinajstić information content (AvgIpc) is 2.15. The highest BCUT2D eigenvalue weighted by Gasteiger charge is 2.37. The van der Waals surface area contributed by atoms with Crippen LogP contribution in [-0.2, 0) is 13.2 Å². The van der Waals surface area contributed by atoms with Gasteiger partial charge in [0.25, 0.3) is 0 Å². The van der Waals surface area contributed by atoms with Crippen molar-refractivity contribution in [3.05, 3.63) is 16.4 Å². The van der Waals surface area contributed by atoms with Crippen molar-refractivity contribution in [2.45, 2.75) is 13.1 Å². The van der Waals surface area contributed by atoms with Gasteiger partial charge >= 0.3 is 6.18 Å². The molecular weight excluding hydrogens is 193 g/mol. The van der Waals surface area contributed by atoms with Crippen molar-refractivity contribution >= 4 is 11.6 Å². The minimum atomic E-state index is -4.47. The summed E-state index contributed by atoms with van der Waals surface area (Å²) < 4.78 is 37.3. The number of nitrogens with zero attached hydrogens (tertiary/aromatic N) is 2. The molecule has 1 heterocycles. The molecule has 0 radical (unpaired) electrons. The molecule has 2 nitrogen and oxygen atoms in total. The van der Waals surface area contributed by atoms with Crippen molar-refractivity contribution in [3.63, 3.8) is 0 Å². The molecule has 0 saturated carbocycles. The maximum atomic E-state index is 12.1. The Morgan fingerprint density at radius 3 is 2.08 bits per heavy atom. The number of aromatic nitrogens is 2. The number of alkyl halides is 3. The maximum Gasteiger partial charge on any atom is 0.436 e. The van der Waals surface area contributed by atoms with E-state index in [0.29, 0.717) is 5.69 Å². The Morgan fingerprint density at radius 1 is 1.42 bits per heavy atom. The fourth-order valence-corrected chi connectivity index (χ4v) is 1.03. The van der Waals surface area contributed by atoms with Crippen molar-refractivity contribution in [1.82, 2.24) is 9.78 Å². The zero-order valence-corrected chi connectivity index (χ0v) is 7.16. The molecule has 12 heavy (non-hydrogen) atoms. The smallest absolute Gasteiger partial charge is 0.271 e. The van der Waals surface area contributed by atoms with Crippen LogP contribution in [0.4, 0.5) is 13.2 Å². The molecule has 0 unspecified atom stereocenters. The first kappa shape index (κ1) is 9.38. The lowest BCUT2D eigenvalue weighted by Gasteiger charge is -2.00. The largest absolute Gasteiger partial charge is 0.436 e. The topological polar surface area (TPSA) is 17.8 Å². The molecule has 0 aromatic carbocycles. The summed E-state index contributed by atoms with van der Waals surface area (Å²) in [6.45, 7) is 1.48. The molecular formula is C6H6ClF3N2. The molecule has 0 aliphatic heterocycles. The standard InChI is InChI=1S/C6H6ClF3N2/c1-3-4(7)5(6(8,9)10)11-12(3)2/h1-2H3. The second kappa shape index (κ2) is 2.65. The van der Waals surface area contributed by atoms with Gasteiger partial charge in [0.05, 0.1) is 10.7 Å². The second-order valence-electron chi connectivity index (χ2n) is 2.37. The zero-order valence-electron chi connectivity index (χ0n) is 6.41. The quantitative estimate of drug-likeness (QED) is 0.626. The van der Waals surface area contributed by atoms with Gasteiger partial charge in [-0.3, -0.25) is 4.68 Å². The van der Waals surface area contributed by atoms with Crippen molar-refractivity contribution < 1.29 is 13.2 Å². The number of hydrogen-bond donors (Lipinski definition) is 0. The summed E-state index contributed by atoms with van der Waals surface area (Å²) in [7, 11) is 1.41. The molecule has 0 saturated heterocycles. The summed E-state index contributed by atoms with van der Waals surface area (Å²) in [4.78, 5) is 0. The van der Waals surface area contributed by atoms with E-state index in [2.05, 4.69) is 5.10 Å². The maximum absolute atomic E-state index is 12.1. The summed E-state index contributed by atoms with van der Waals surface area (Å²) in [5, 5.41) is 2.91. The third kappa shape index (κ3) is 1.41. The van der Waals surface area contributed by atoms with Crippen molar-refractivity contribution in [2.75, 3.05) is 0 Å². The molecule has 1 aromatic heterocycles. The molecule has 0 amide bonds. The van der Waals surface area contributed by atoms with Gasteiger partial charge in [0.15, 0.2) is 5.69 Å². The van der Waals surface area contributed by atoms with Crippen molar-refractivity contribution in [2.24, 2.45) is 7.05 Å². The monoisotopic (exact) mass is 198 g/mol. The molecule has 6 heteroatoms. The van der Waals surface area contributed by atoms with Crippen LogP contribution >= 0.6 is 11.6 Å². The van der Waals surface area contributed by atoms with Gasteiger partial charge in [0.1, 0.15) is 0 Å². The number of aryl methyl sites for hydroxylation is 1. The zero-order chi connectivity index (χ0) is 9.52. The molecule has 0 atom stereocenters. The van der Waals surface area contributed by atoms with Crippen LogP contribution < -0.4 is 0 Å². The number of hydrogen-bond acceptors (Lipinski definition) is 1. The van der Waals surface area contributed by atoms with Gasteiger partial charge in [-0.25, -0.2) is 0 Å². The van der Waals surface area contributed by atoms with Crippen LogP contribution in [0.15, 0.2) is 0 Å². The molecule has 0 bridgehead atoms. The van der Waals surface area contributed by atoms with Crippen LogP contribution in [0.25, 0.3) is 0 Å². The van der Waals surface area contributed by atoms with Crippen LogP contribution in [0, 0.1) is 6.92 Å². The highest BCUT2D eigenvalue weighted by Crippen LogP contribution is 2.34. The lowest BCUT2D eigenvalue weighted by molar-refractivity contribution is -0.141. The minimum Gasteiger partial charge on any atom is -0.271 e. The Morgan fingerprint density at radius 2 is 1.92 bits per heavy atom. The molecule has 68 valence electrons. The minimum absolute atomic E-state index is 0.309. The molecule has 0 aliphatic rings. The Bertz CT molecular complexity index is 302. The van der Waals surface area contributed by atoms with Crippen molar-refractivity contribution in [1.29, 1.82) is 0 Å². The van der Waals surface area contributed by atoms with Gasteiger partial charge in [0.2, 0.25) is 0 Å². The van der Waals surface area contributed by atoms with E-state index >= 15 is 0 Å². The van der Waals surface area contributed by atoms with E-state index in [1.54, 1.807) is 0 Å². The average molecular weight is 199 g/mol. The van der Waals surface area contributed by atoms with E-state index in [4.69, 9.17) is 11.6 Å². The Kier molecular flexibility index (Phi) is 2.07. The van der Waals surface area contributed by atoms with E-state index in [1.807, 2.05) is 0 Å². The lowest BCUT2D eigenvalue weighted by atomic mass is 10.3. The summed E-state index contributed by atoms with van der Waals surface area (Å²) in [6.07, 6.45) is -4.47. The molecule has 0 spiro atoms. The van der Waals surface area contributed by atoms with Crippen molar-refractivity contribution in [3.8, 4) is 0 Å². The van der Waals surface area contributed by atoms with E-state index in [-0.39, 0.29) is 5.02 Å². The highest BCUT2D eigenvalue weighted by molar-refractivity contribution is 6.31. The summed E-state index contributed by atoms with van der Waals surface area (Å²) in [5.41, 5.74) is -0.715. The second-order valence-corrected chi connectivity index (χ2v) is 2.75.